The van der Waals surface area contributed by atoms with Crippen LogP contribution in [-0.4, -0.2) is 57.4 Å². The lowest BCUT2D eigenvalue weighted by atomic mass is 10.3. The molecule has 0 saturated heterocycles. The summed E-state index contributed by atoms with van der Waals surface area (Å²) in [5, 5.41) is 2.76. The van der Waals surface area contributed by atoms with Crippen LogP contribution >= 0.6 is 0 Å². The van der Waals surface area contributed by atoms with Crippen LogP contribution in [0.4, 0.5) is 5.69 Å². The molecule has 0 atom stereocenters. The highest BCUT2D eigenvalue weighted by atomic mass is 32.2. The second kappa shape index (κ2) is 9.52. The van der Waals surface area contributed by atoms with E-state index in [2.05, 4.69) is 10.2 Å². The standard InChI is InChI=1S/C19H26N4O4S/c1-21(2)28(26,27)17-10-11-19(25)23(14-17)15-18(24)20-12-7-13-22(3)16-8-5-4-6-9-16/h4-6,8-11,14H,7,12-13,15H2,1-3H3,(H,20,24). The van der Waals surface area contributed by atoms with E-state index in [0.29, 0.717) is 6.54 Å². The number of para-hydroxylation sites is 1. The van der Waals surface area contributed by atoms with Gasteiger partial charge in [0.2, 0.25) is 15.9 Å². The van der Waals surface area contributed by atoms with E-state index in [9.17, 15) is 18.0 Å². The summed E-state index contributed by atoms with van der Waals surface area (Å²) in [6.45, 7) is 0.991. The van der Waals surface area contributed by atoms with Gasteiger partial charge in [-0.05, 0) is 24.6 Å². The largest absolute Gasteiger partial charge is 0.375 e. The Morgan fingerprint density at radius 1 is 1.07 bits per heavy atom. The zero-order valence-electron chi connectivity index (χ0n) is 16.3. The number of hydrogen-bond donors (Lipinski definition) is 1. The van der Waals surface area contributed by atoms with Crippen LogP contribution in [0.5, 0.6) is 0 Å². The molecule has 1 amide bonds. The third kappa shape index (κ3) is 5.67. The molecule has 1 N–H and O–H groups in total. The molecule has 0 spiro atoms. The summed E-state index contributed by atoms with van der Waals surface area (Å²) in [6, 6.07) is 12.3. The Hall–Kier alpha value is -2.65. The maximum atomic E-state index is 12.2. The van der Waals surface area contributed by atoms with Gasteiger partial charge in [0.05, 0.1) is 4.90 Å². The van der Waals surface area contributed by atoms with Crippen LogP contribution in [-0.2, 0) is 21.4 Å². The van der Waals surface area contributed by atoms with Gasteiger partial charge in [-0.1, -0.05) is 18.2 Å². The number of pyridine rings is 1. The SMILES string of the molecule is CN(CCCNC(=O)Cn1cc(S(=O)(=O)N(C)C)ccc1=O)c1ccccc1. The highest BCUT2D eigenvalue weighted by Crippen LogP contribution is 2.11. The first-order valence-electron chi connectivity index (χ1n) is 8.87. The fraction of sp³-hybridized carbons (Fsp3) is 0.368. The molecule has 0 fully saturated rings. The second-order valence-corrected chi connectivity index (χ2v) is 8.73. The smallest absolute Gasteiger partial charge is 0.251 e. The summed E-state index contributed by atoms with van der Waals surface area (Å²) in [6.07, 6.45) is 1.93. The van der Waals surface area contributed by atoms with Crippen molar-refractivity contribution in [1.82, 2.24) is 14.2 Å². The number of amides is 1. The Morgan fingerprint density at radius 3 is 2.39 bits per heavy atom. The molecule has 1 aromatic carbocycles. The van der Waals surface area contributed by atoms with Gasteiger partial charge in [0.1, 0.15) is 6.54 Å². The Morgan fingerprint density at radius 2 is 1.75 bits per heavy atom. The molecule has 28 heavy (non-hydrogen) atoms. The van der Waals surface area contributed by atoms with Gasteiger partial charge in [-0.15, -0.1) is 0 Å². The van der Waals surface area contributed by atoms with Crippen LogP contribution in [0.3, 0.4) is 0 Å². The van der Waals surface area contributed by atoms with E-state index in [-0.39, 0.29) is 17.3 Å². The normalized spacial score (nSPS) is 11.4. The maximum Gasteiger partial charge on any atom is 0.251 e. The number of benzene rings is 1. The number of carbonyl (C=O) groups excluding carboxylic acids is 1. The first-order chi connectivity index (χ1) is 13.2. The second-order valence-electron chi connectivity index (χ2n) is 6.58. The number of sulfonamides is 1. The number of nitrogens with zero attached hydrogens (tertiary/aromatic N) is 3. The van der Waals surface area contributed by atoms with Crippen LogP contribution in [0.2, 0.25) is 0 Å². The topological polar surface area (TPSA) is 91.7 Å². The van der Waals surface area contributed by atoms with Gasteiger partial charge in [0.25, 0.3) is 5.56 Å². The van der Waals surface area contributed by atoms with Gasteiger partial charge in [0.15, 0.2) is 0 Å². The van der Waals surface area contributed by atoms with Crippen molar-refractivity contribution in [2.24, 2.45) is 0 Å². The molecule has 152 valence electrons. The molecule has 0 aliphatic heterocycles. The van der Waals surface area contributed by atoms with Gasteiger partial charge in [0, 0.05) is 52.2 Å². The fourth-order valence-corrected chi connectivity index (χ4v) is 3.48. The molecule has 0 radical (unpaired) electrons. The van der Waals surface area contributed by atoms with E-state index >= 15 is 0 Å². The third-order valence-electron chi connectivity index (χ3n) is 4.24. The van der Waals surface area contributed by atoms with E-state index in [0.717, 1.165) is 33.6 Å². The predicted molar refractivity (Wildman–Crippen MR) is 109 cm³/mol. The minimum absolute atomic E-state index is 0.0330. The molecule has 2 rings (SSSR count). The molecule has 9 heteroatoms. The molecule has 0 aliphatic rings. The first kappa shape index (κ1) is 21.6. The van der Waals surface area contributed by atoms with Crippen molar-refractivity contribution in [2.75, 3.05) is 39.1 Å². The monoisotopic (exact) mass is 406 g/mol. The summed E-state index contributed by atoms with van der Waals surface area (Å²) in [5.74, 6) is -0.344. The summed E-state index contributed by atoms with van der Waals surface area (Å²) in [7, 11) is 1.12. The number of aromatic nitrogens is 1. The Labute approximate surface area is 165 Å². The van der Waals surface area contributed by atoms with Crippen molar-refractivity contribution in [3.05, 3.63) is 59.0 Å². The number of rotatable bonds is 9. The fourth-order valence-electron chi connectivity index (χ4n) is 2.56. The molecular formula is C19H26N4O4S. The summed E-state index contributed by atoms with van der Waals surface area (Å²) in [5.41, 5.74) is 0.663. The van der Waals surface area contributed by atoms with Gasteiger partial charge in [-0.2, -0.15) is 0 Å². The molecule has 1 heterocycles. The molecule has 0 bridgehead atoms. The number of nitrogens with one attached hydrogen (secondary N) is 1. The molecule has 2 aromatic rings. The van der Waals surface area contributed by atoms with Crippen molar-refractivity contribution in [3.63, 3.8) is 0 Å². The average Bonchev–Trinajstić information content (AvgIpc) is 2.67. The van der Waals surface area contributed by atoms with E-state index in [1.165, 1.54) is 26.4 Å². The Bertz CT molecular complexity index is 955. The minimum Gasteiger partial charge on any atom is -0.375 e. The number of hydrogen-bond acceptors (Lipinski definition) is 5. The van der Waals surface area contributed by atoms with Gasteiger partial charge in [-0.3, -0.25) is 9.59 Å². The quantitative estimate of drug-likeness (QED) is 0.620. The third-order valence-corrected chi connectivity index (χ3v) is 6.04. The van der Waals surface area contributed by atoms with Crippen molar-refractivity contribution >= 4 is 21.6 Å². The van der Waals surface area contributed by atoms with Crippen LogP contribution in [0, 0.1) is 0 Å². The zero-order valence-corrected chi connectivity index (χ0v) is 17.1. The van der Waals surface area contributed by atoms with Gasteiger partial charge in [-0.25, -0.2) is 12.7 Å². The summed E-state index contributed by atoms with van der Waals surface area (Å²) in [4.78, 5) is 26.1. The van der Waals surface area contributed by atoms with E-state index in [1.807, 2.05) is 37.4 Å². The van der Waals surface area contributed by atoms with Crippen LogP contribution in [0.15, 0.2) is 58.4 Å². The highest BCUT2D eigenvalue weighted by Gasteiger charge is 2.18. The average molecular weight is 407 g/mol. The van der Waals surface area contributed by atoms with Crippen molar-refractivity contribution < 1.29 is 13.2 Å². The molecule has 1 aromatic heterocycles. The van der Waals surface area contributed by atoms with Crippen molar-refractivity contribution in [2.45, 2.75) is 17.9 Å². The van der Waals surface area contributed by atoms with E-state index in [1.54, 1.807) is 0 Å². The predicted octanol–water partition coefficient (Wildman–Crippen LogP) is 0.741. The number of anilines is 1. The van der Waals surface area contributed by atoms with E-state index < -0.39 is 15.6 Å². The van der Waals surface area contributed by atoms with Gasteiger partial charge >= 0.3 is 0 Å². The van der Waals surface area contributed by atoms with Gasteiger partial charge < -0.3 is 14.8 Å². The Kier molecular flexibility index (Phi) is 7.36. The molecule has 0 saturated carbocycles. The molecule has 0 unspecified atom stereocenters. The minimum atomic E-state index is -3.67. The van der Waals surface area contributed by atoms with Crippen LogP contribution in [0.25, 0.3) is 0 Å². The maximum absolute atomic E-state index is 12.2. The van der Waals surface area contributed by atoms with Crippen molar-refractivity contribution in [3.8, 4) is 0 Å². The molecular weight excluding hydrogens is 380 g/mol. The molecule has 8 nitrogen and oxygen atoms in total. The summed E-state index contributed by atoms with van der Waals surface area (Å²) >= 11 is 0. The van der Waals surface area contributed by atoms with Crippen LogP contribution < -0.4 is 15.8 Å². The lowest BCUT2D eigenvalue weighted by Gasteiger charge is -2.19. The lowest BCUT2D eigenvalue weighted by Crippen LogP contribution is -2.34. The first-order valence-corrected chi connectivity index (χ1v) is 10.3. The Balaban J connectivity index is 1.88. The zero-order chi connectivity index (χ0) is 20.7. The van der Waals surface area contributed by atoms with Crippen molar-refractivity contribution in [1.29, 1.82) is 0 Å². The van der Waals surface area contributed by atoms with Crippen LogP contribution in [0.1, 0.15) is 6.42 Å². The molecule has 0 aliphatic carbocycles. The lowest BCUT2D eigenvalue weighted by molar-refractivity contribution is -0.121. The summed E-state index contributed by atoms with van der Waals surface area (Å²) < 4.78 is 26.5. The van der Waals surface area contributed by atoms with E-state index in [4.69, 9.17) is 0 Å². The number of carbonyl (C=O) groups is 1. The highest BCUT2D eigenvalue weighted by molar-refractivity contribution is 7.89.